The highest BCUT2D eigenvalue weighted by Crippen LogP contribution is 2.24. The molecule has 0 atom stereocenters. The third-order valence-electron chi connectivity index (χ3n) is 4.53. The van der Waals surface area contributed by atoms with E-state index in [2.05, 4.69) is 5.10 Å². The summed E-state index contributed by atoms with van der Waals surface area (Å²) in [6, 6.07) is 5.61. The molecular weight excluding hydrogens is 342 g/mol. The fraction of sp³-hybridized carbons (Fsp3) is 0.471. The first-order valence-electron chi connectivity index (χ1n) is 8.13. The maximum absolute atomic E-state index is 12.3. The van der Waals surface area contributed by atoms with Gasteiger partial charge in [0.15, 0.2) is 0 Å². The van der Waals surface area contributed by atoms with Gasteiger partial charge in [0.05, 0.1) is 17.1 Å². The summed E-state index contributed by atoms with van der Waals surface area (Å²) in [5, 5.41) is 4.56. The van der Waals surface area contributed by atoms with Crippen LogP contribution in [0.5, 0.6) is 0 Å². The lowest BCUT2D eigenvalue weighted by molar-refractivity contribution is 0.0463. The van der Waals surface area contributed by atoms with Gasteiger partial charge in [-0.05, 0) is 30.4 Å². The Morgan fingerprint density at radius 1 is 1.38 bits per heavy atom. The van der Waals surface area contributed by atoms with Gasteiger partial charge in [-0.15, -0.1) is 11.3 Å². The van der Waals surface area contributed by atoms with Crippen LogP contribution in [0.15, 0.2) is 23.0 Å². The first-order valence-corrected chi connectivity index (χ1v) is 10.1. The van der Waals surface area contributed by atoms with Crippen molar-refractivity contribution in [1.29, 1.82) is 0 Å². The fourth-order valence-corrected chi connectivity index (χ4v) is 4.97. The first-order chi connectivity index (χ1) is 11.6. The number of aromatic nitrogens is 2. The summed E-state index contributed by atoms with van der Waals surface area (Å²) in [5.41, 5.74) is 2.13. The zero-order valence-corrected chi connectivity index (χ0v) is 15.2. The highest BCUT2D eigenvalue weighted by molar-refractivity contribution is 7.98. The average molecular weight is 361 g/mol. The molecule has 0 unspecified atom stereocenters. The number of carbonyl (C=O) groups excluding carboxylic acids is 1. The summed E-state index contributed by atoms with van der Waals surface area (Å²) in [4.78, 5) is 28.4. The lowest BCUT2D eigenvalue weighted by Gasteiger charge is -2.39. The van der Waals surface area contributed by atoms with Gasteiger partial charge in [0.25, 0.3) is 11.5 Å². The third kappa shape index (κ3) is 3.02. The molecule has 5 nitrogen and oxygen atoms in total. The molecule has 7 heteroatoms. The molecule has 1 fully saturated rings. The molecule has 2 aliphatic rings. The van der Waals surface area contributed by atoms with Crippen LogP contribution in [0.2, 0.25) is 0 Å². The lowest BCUT2D eigenvalue weighted by atomic mass is 10.00. The van der Waals surface area contributed by atoms with Gasteiger partial charge < -0.3 is 4.90 Å². The Balaban J connectivity index is 1.40. The van der Waals surface area contributed by atoms with Crippen LogP contribution in [0.1, 0.15) is 25.8 Å². The summed E-state index contributed by atoms with van der Waals surface area (Å²) in [7, 11) is 0. The minimum Gasteiger partial charge on any atom is -0.337 e. The van der Waals surface area contributed by atoms with E-state index in [1.165, 1.54) is 11.3 Å². The van der Waals surface area contributed by atoms with Crippen LogP contribution in [0, 0.1) is 12.8 Å². The van der Waals surface area contributed by atoms with E-state index < -0.39 is 0 Å². The zero-order chi connectivity index (χ0) is 16.7. The number of hydrogen-bond donors (Lipinski definition) is 0. The minimum absolute atomic E-state index is 0.0186. The van der Waals surface area contributed by atoms with Gasteiger partial charge in [0.1, 0.15) is 0 Å². The van der Waals surface area contributed by atoms with E-state index in [1.807, 2.05) is 35.7 Å². The second-order valence-corrected chi connectivity index (χ2v) is 8.82. The van der Waals surface area contributed by atoms with Crippen molar-refractivity contribution in [2.75, 3.05) is 18.8 Å². The van der Waals surface area contributed by atoms with E-state index in [4.69, 9.17) is 0 Å². The predicted molar refractivity (Wildman–Crippen MR) is 96.8 cm³/mol. The Kier molecular flexibility index (Phi) is 4.22. The van der Waals surface area contributed by atoms with Gasteiger partial charge >= 0.3 is 0 Å². The highest BCUT2D eigenvalue weighted by atomic mass is 32.2. The van der Waals surface area contributed by atoms with Crippen molar-refractivity contribution < 1.29 is 4.79 Å². The quantitative estimate of drug-likeness (QED) is 0.841. The van der Waals surface area contributed by atoms with Crippen LogP contribution in [-0.2, 0) is 18.7 Å². The van der Waals surface area contributed by atoms with Crippen LogP contribution < -0.4 is 5.56 Å². The Bertz CT molecular complexity index is 837. The third-order valence-corrected chi connectivity index (χ3v) is 6.53. The van der Waals surface area contributed by atoms with Crippen molar-refractivity contribution in [1.82, 2.24) is 14.7 Å². The molecule has 4 heterocycles. The molecule has 126 valence electrons. The fourth-order valence-electron chi connectivity index (χ4n) is 3.18. The Hall–Kier alpha value is -1.60. The second-order valence-electron chi connectivity index (χ2n) is 6.43. The number of fused-ring (bicyclic) bond motifs is 1. The van der Waals surface area contributed by atoms with E-state index in [9.17, 15) is 9.59 Å². The monoisotopic (exact) mass is 361 g/mol. The van der Waals surface area contributed by atoms with E-state index in [-0.39, 0.29) is 11.5 Å². The molecule has 0 bridgehead atoms. The number of thiophene rings is 1. The van der Waals surface area contributed by atoms with Gasteiger partial charge in [-0.2, -0.15) is 16.9 Å². The van der Waals surface area contributed by atoms with Gasteiger partial charge in [-0.1, -0.05) is 0 Å². The molecule has 2 aliphatic heterocycles. The normalized spacial score (nSPS) is 17.5. The Morgan fingerprint density at radius 3 is 2.96 bits per heavy atom. The number of rotatable bonds is 3. The zero-order valence-electron chi connectivity index (χ0n) is 13.5. The number of likely N-dealkylation sites (tertiary alicyclic amines) is 1. The molecule has 1 saturated heterocycles. The van der Waals surface area contributed by atoms with Crippen LogP contribution in [0.4, 0.5) is 0 Å². The van der Waals surface area contributed by atoms with E-state index in [0.29, 0.717) is 25.6 Å². The molecule has 0 N–H and O–H groups in total. The summed E-state index contributed by atoms with van der Waals surface area (Å²) >= 11 is 3.39. The maximum atomic E-state index is 12.3. The lowest BCUT2D eigenvalue weighted by Crippen LogP contribution is -2.52. The number of hydrogen-bond acceptors (Lipinski definition) is 5. The topological polar surface area (TPSA) is 55.2 Å². The number of thioether (sulfide) groups is 1. The molecule has 24 heavy (non-hydrogen) atoms. The van der Waals surface area contributed by atoms with Gasteiger partial charge in [-0.3, -0.25) is 9.59 Å². The van der Waals surface area contributed by atoms with Gasteiger partial charge in [-0.25, -0.2) is 4.68 Å². The summed E-state index contributed by atoms with van der Waals surface area (Å²) < 4.78 is 1.59. The van der Waals surface area contributed by atoms with E-state index >= 15 is 0 Å². The number of amides is 1. The molecule has 2 aromatic rings. The van der Waals surface area contributed by atoms with Gasteiger partial charge in [0.2, 0.25) is 0 Å². The van der Waals surface area contributed by atoms with Crippen molar-refractivity contribution in [3.63, 3.8) is 0 Å². The average Bonchev–Trinajstić information content (AvgIpc) is 2.96. The smallest absolute Gasteiger partial charge is 0.267 e. The van der Waals surface area contributed by atoms with Crippen molar-refractivity contribution in [2.24, 2.45) is 5.92 Å². The molecule has 0 aliphatic carbocycles. The van der Waals surface area contributed by atoms with Crippen LogP contribution in [0.3, 0.4) is 0 Å². The predicted octanol–water partition coefficient (Wildman–Crippen LogP) is 2.17. The molecule has 0 aromatic carbocycles. The van der Waals surface area contributed by atoms with E-state index in [1.54, 1.807) is 10.7 Å². The maximum Gasteiger partial charge on any atom is 0.267 e. The Morgan fingerprint density at radius 2 is 2.21 bits per heavy atom. The number of nitrogens with zero attached hydrogens (tertiary/aromatic N) is 3. The first kappa shape index (κ1) is 15.9. The largest absolute Gasteiger partial charge is 0.337 e. The van der Waals surface area contributed by atoms with Crippen LogP contribution in [0.25, 0.3) is 0 Å². The second kappa shape index (κ2) is 6.37. The molecule has 1 amide bonds. The van der Waals surface area contributed by atoms with Crippen LogP contribution in [-0.4, -0.2) is 39.4 Å². The van der Waals surface area contributed by atoms with Crippen LogP contribution >= 0.6 is 23.1 Å². The molecule has 0 saturated carbocycles. The van der Waals surface area contributed by atoms with Crippen molar-refractivity contribution in [3.8, 4) is 0 Å². The summed E-state index contributed by atoms with van der Waals surface area (Å²) in [5.74, 6) is 2.39. The van der Waals surface area contributed by atoms with Crippen molar-refractivity contribution >= 4 is 29.0 Å². The SMILES string of the molecule is Cc1ccc(C(=O)N2CC(Cn3nc4c(cc3=O)CSCC4)C2)s1. The highest BCUT2D eigenvalue weighted by Gasteiger charge is 2.32. The van der Waals surface area contributed by atoms with Crippen molar-refractivity contribution in [3.05, 3.63) is 49.6 Å². The summed E-state index contributed by atoms with van der Waals surface area (Å²) in [6.07, 6.45) is 0.938. The Labute approximate surface area is 148 Å². The molecule has 2 aromatic heterocycles. The molecule has 4 rings (SSSR count). The van der Waals surface area contributed by atoms with Gasteiger partial charge in [0, 0.05) is 42.1 Å². The molecular formula is C17H19N3O2S2. The van der Waals surface area contributed by atoms with Crippen molar-refractivity contribution in [2.45, 2.75) is 25.6 Å². The molecule has 0 spiro atoms. The van der Waals surface area contributed by atoms with E-state index in [0.717, 1.165) is 38.9 Å². The minimum atomic E-state index is -0.0186. The molecule has 0 radical (unpaired) electrons. The number of carbonyl (C=O) groups is 1. The standard InChI is InChI=1S/C17H19N3O2S2/c1-11-2-3-15(24-11)17(22)19-7-12(8-19)9-20-16(21)6-13-10-23-5-4-14(13)18-20/h2-3,6,12H,4-5,7-10H2,1H3. The number of aryl methyl sites for hydroxylation is 2. The summed E-state index contributed by atoms with van der Waals surface area (Å²) in [6.45, 7) is 4.02.